The van der Waals surface area contributed by atoms with Gasteiger partial charge in [-0.15, -0.1) is 11.3 Å². The normalized spacial score (nSPS) is 13.0. The van der Waals surface area contributed by atoms with Gasteiger partial charge < -0.3 is 15.6 Å². The van der Waals surface area contributed by atoms with Crippen LogP contribution in [0.15, 0.2) is 72.2 Å². The van der Waals surface area contributed by atoms with Gasteiger partial charge in [0, 0.05) is 23.5 Å². The molecule has 0 aliphatic carbocycles. The van der Waals surface area contributed by atoms with Gasteiger partial charge in [-0.2, -0.15) is 0 Å². The molecule has 0 aliphatic heterocycles. The lowest BCUT2D eigenvalue weighted by atomic mass is 10.0. The lowest BCUT2D eigenvalue weighted by Gasteiger charge is -2.21. The summed E-state index contributed by atoms with van der Waals surface area (Å²) in [5, 5.41) is 8.59. The number of fused-ring (bicyclic) bond motifs is 1. The molecule has 2 atom stereocenters. The Hall–Kier alpha value is -3.45. The molecule has 2 heterocycles. The molecule has 0 fully saturated rings. The highest BCUT2D eigenvalue weighted by molar-refractivity contribution is 7.12. The van der Waals surface area contributed by atoms with E-state index in [1.807, 2.05) is 35.8 Å². The summed E-state index contributed by atoms with van der Waals surface area (Å²) >= 11 is 1.32. The summed E-state index contributed by atoms with van der Waals surface area (Å²) < 4.78 is 13.6. The van der Waals surface area contributed by atoms with Gasteiger partial charge in [0.1, 0.15) is 11.9 Å². The number of hydrogen-bond donors (Lipinski definition) is 3. The van der Waals surface area contributed by atoms with Gasteiger partial charge in [-0.05, 0) is 47.7 Å². The topological polar surface area (TPSA) is 74.0 Å². The first kappa shape index (κ1) is 20.8. The Balaban J connectivity index is 1.56. The van der Waals surface area contributed by atoms with Crippen molar-refractivity contribution >= 4 is 34.1 Å². The van der Waals surface area contributed by atoms with Gasteiger partial charge in [-0.1, -0.05) is 36.4 Å². The number of amides is 2. The Morgan fingerprint density at radius 2 is 1.90 bits per heavy atom. The number of aromatic amines is 1. The number of para-hydroxylation sites is 1. The summed E-state index contributed by atoms with van der Waals surface area (Å²) in [6, 6.07) is 16.2. The standard InChI is InChI=1S/C24H22FN3O2S/c1-15(16-6-4-7-18(25)12-16)27-23(29)21(28-24(30)22-10-5-11-31-22)13-17-14-26-20-9-3-2-8-19(17)20/h2-12,14-15,21,26H,13H2,1H3,(H,27,29)(H,28,30)/t15?,21-/m0/s1. The molecular weight excluding hydrogens is 413 g/mol. The van der Waals surface area contributed by atoms with E-state index < -0.39 is 12.1 Å². The Labute approximate surface area is 183 Å². The van der Waals surface area contributed by atoms with Crippen molar-refractivity contribution in [3.05, 3.63) is 94.1 Å². The van der Waals surface area contributed by atoms with Crippen molar-refractivity contribution in [2.45, 2.75) is 25.4 Å². The molecule has 158 valence electrons. The quantitative estimate of drug-likeness (QED) is 0.397. The van der Waals surface area contributed by atoms with E-state index in [-0.39, 0.29) is 17.6 Å². The third-order valence-corrected chi connectivity index (χ3v) is 6.04. The van der Waals surface area contributed by atoms with Crippen LogP contribution in [0.3, 0.4) is 0 Å². The van der Waals surface area contributed by atoms with E-state index in [2.05, 4.69) is 15.6 Å². The van der Waals surface area contributed by atoms with Crippen LogP contribution in [0.25, 0.3) is 10.9 Å². The molecule has 3 N–H and O–H groups in total. The number of halogens is 1. The average molecular weight is 436 g/mol. The molecule has 7 heteroatoms. The molecule has 0 radical (unpaired) electrons. The van der Waals surface area contributed by atoms with Crippen molar-refractivity contribution < 1.29 is 14.0 Å². The zero-order valence-electron chi connectivity index (χ0n) is 16.9. The zero-order valence-corrected chi connectivity index (χ0v) is 17.7. The van der Waals surface area contributed by atoms with Gasteiger partial charge in [-0.3, -0.25) is 9.59 Å². The highest BCUT2D eigenvalue weighted by atomic mass is 32.1. The predicted octanol–water partition coefficient (Wildman–Crippen LogP) is 4.59. The molecule has 5 nitrogen and oxygen atoms in total. The van der Waals surface area contributed by atoms with Gasteiger partial charge >= 0.3 is 0 Å². The first-order valence-electron chi connectivity index (χ1n) is 9.96. The molecule has 31 heavy (non-hydrogen) atoms. The molecule has 2 aromatic heterocycles. The number of hydrogen-bond acceptors (Lipinski definition) is 3. The maximum absolute atomic E-state index is 13.6. The van der Waals surface area contributed by atoms with Crippen LogP contribution in [0.1, 0.15) is 33.8 Å². The van der Waals surface area contributed by atoms with E-state index in [4.69, 9.17) is 0 Å². The number of benzene rings is 2. The van der Waals surface area contributed by atoms with Crippen LogP contribution in [0.4, 0.5) is 4.39 Å². The molecule has 0 saturated heterocycles. The number of carbonyl (C=O) groups excluding carboxylic acids is 2. The molecule has 0 spiro atoms. The molecule has 2 amide bonds. The lowest BCUT2D eigenvalue weighted by molar-refractivity contribution is -0.123. The van der Waals surface area contributed by atoms with E-state index in [0.717, 1.165) is 16.5 Å². The maximum atomic E-state index is 13.6. The number of H-pyrrole nitrogens is 1. The number of carbonyl (C=O) groups is 2. The van der Waals surface area contributed by atoms with E-state index in [1.165, 1.54) is 23.5 Å². The van der Waals surface area contributed by atoms with Crippen LogP contribution >= 0.6 is 11.3 Å². The maximum Gasteiger partial charge on any atom is 0.262 e. The minimum absolute atomic E-state index is 0.298. The fraction of sp³-hybridized carbons (Fsp3) is 0.167. The van der Waals surface area contributed by atoms with Crippen LogP contribution in [0.5, 0.6) is 0 Å². The largest absolute Gasteiger partial charge is 0.361 e. The summed E-state index contributed by atoms with van der Waals surface area (Å²) in [5.74, 6) is -0.986. The van der Waals surface area contributed by atoms with Crippen molar-refractivity contribution in [3.63, 3.8) is 0 Å². The van der Waals surface area contributed by atoms with Crippen molar-refractivity contribution in [1.82, 2.24) is 15.6 Å². The summed E-state index contributed by atoms with van der Waals surface area (Å²) in [6.45, 7) is 1.79. The van der Waals surface area contributed by atoms with Gasteiger partial charge in [0.2, 0.25) is 5.91 Å². The predicted molar refractivity (Wildman–Crippen MR) is 121 cm³/mol. The van der Waals surface area contributed by atoms with Crippen molar-refractivity contribution in [2.24, 2.45) is 0 Å². The minimum Gasteiger partial charge on any atom is -0.361 e. The van der Waals surface area contributed by atoms with Crippen LogP contribution in [-0.2, 0) is 11.2 Å². The third-order valence-electron chi connectivity index (χ3n) is 5.17. The Kier molecular flexibility index (Phi) is 6.13. The third kappa shape index (κ3) is 4.83. The van der Waals surface area contributed by atoms with Gasteiger partial charge in [0.15, 0.2) is 0 Å². The molecule has 4 aromatic rings. The first-order valence-corrected chi connectivity index (χ1v) is 10.8. The molecule has 0 aliphatic rings. The second-order valence-corrected chi connectivity index (χ2v) is 8.30. The Morgan fingerprint density at radius 1 is 1.06 bits per heavy atom. The van der Waals surface area contributed by atoms with Crippen LogP contribution in [-0.4, -0.2) is 22.8 Å². The van der Waals surface area contributed by atoms with Gasteiger partial charge in [-0.25, -0.2) is 4.39 Å². The summed E-state index contributed by atoms with van der Waals surface area (Å²) in [6.07, 6.45) is 2.18. The Morgan fingerprint density at radius 3 is 2.68 bits per heavy atom. The van der Waals surface area contributed by atoms with Crippen LogP contribution < -0.4 is 10.6 Å². The first-order chi connectivity index (χ1) is 15.0. The Bertz CT molecular complexity index is 1200. The second-order valence-electron chi connectivity index (χ2n) is 7.35. The van der Waals surface area contributed by atoms with Crippen molar-refractivity contribution in [3.8, 4) is 0 Å². The van der Waals surface area contributed by atoms with Crippen molar-refractivity contribution in [1.29, 1.82) is 0 Å². The molecule has 1 unspecified atom stereocenters. The average Bonchev–Trinajstić information content (AvgIpc) is 3.44. The van der Waals surface area contributed by atoms with Gasteiger partial charge in [0.05, 0.1) is 10.9 Å². The van der Waals surface area contributed by atoms with E-state index in [0.29, 0.717) is 16.9 Å². The highest BCUT2D eigenvalue weighted by Crippen LogP contribution is 2.20. The SMILES string of the molecule is CC(NC(=O)[C@H](Cc1c[nH]c2ccccc12)NC(=O)c1cccs1)c1cccc(F)c1. The molecule has 0 bridgehead atoms. The van der Waals surface area contributed by atoms with E-state index in [9.17, 15) is 14.0 Å². The monoisotopic (exact) mass is 435 g/mol. The highest BCUT2D eigenvalue weighted by Gasteiger charge is 2.25. The minimum atomic E-state index is -0.787. The molecule has 0 saturated carbocycles. The summed E-state index contributed by atoms with van der Waals surface area (Å²) in [7, 11) is 0. The number of nitrogens with one attached hydrogen (secondary N) is 3. The zero-order chi connectivity index (χ0) is 21.8. The summed E-state index contributed by atoms with van der Waals surface area (Å²) in [4.78, 5) is 29.6. The number of aromatic nitrogens is 1. The molecule has 2 aromatic carbocycles. The second kappa shape index (κ2) is 9.14. The smallest absolute Gasteiger partial charge is 0.262 e. The van der Waals surface area contributed by atoms with Crippen molar-refractivity contribution in [2.75, 3.05) is 0 Å². The molecular formula is C24H22FN3O2S. The van der Waals surface area contributed by atoms with Crippen LogP contribution in [0.2, 0.25) is 0 Å². The van der Waals surface area contributed by atoms with Gasteiger partial charge in [0.25, 0.3) is 5.91 Å². The summed E-state index contributed by atoms with van der Waals surface area (Å²) in [5.41, 5.74) is 2.55. The number of rotatable bonds is 7. The van der Waals surface area contributed by atoms with Crippen LogP contribution in [0, 0.1) is 5.82 Å². The molecule has 4 rings (SSSR count). The fourth-order valence-electron chi connectivity index (χ4n) is 3.54. The lowest BCUT2D eigenvalue weighted by Crippen LogP contribution is -2.48. The van der Waals surface area contributed by atoms with E-state index >= 15 is 0 Å². The fourth-order valence-corrected chi connectivity index (χ4v) is 4.17. The number of thiophene rings is 1. The van der Waals surface area contributed by atoms with E-state index in [1.54, 1.807) is 31.2 Å².